The van der Waals surface area contributed by atoms with Crippen molar-refractivity contribution in [3.8, 4) is 0 Å². The molecule has 166 valence electrons. The first-order valence-electron chi connectivity index (χ1n) is 13.1. The van der Waals surface area contributed by atoms with Crippen LogP contribution in [0.25, 0.3) is 0 Å². The van der Waals surface area contributed by atoms with Crippen molar-refractivity contribution < 1.29 is 0 Å². The average molecular weight is 391 g/mol. The lowest BCUT2D eigenvalue weighted by Crippen LogP contribution is -1.84. The molecule has 0 spiro atoms. The number of rotatable bonds is 24. The molecule has 0 aliphatic heterocycles. The van der Waals surface area contributed by atoms with Crippen LogP contribution in [0.15, 0.2) is 12.2 Å². The van der Waals surface area contributed by atoms with Gasteiger partial charge < -0.3 is 0 Å². The van der Waals surface area contributed by atoms with Crippen molar-refractivity contribution in [2.75, 3.05) is 0 Å². The molecule has 0 rings (SSSR count). The fourth-order valence-corrected chi connectivity index (χ4v) is 3.94. The van der Waals surface area contributed by atoms with Crippen LogP contribution in [-0.2, 0) is 0 Å². The zero-order chi connectivity index (χ0) is 20.4. The van der Waals surface area contributed by atoms with Crippen molar-refractivity contribution >= 4 is 0 Å². The zero-order valence-electron chi connectivity index (χ0n) is 19.5. The summed E-state index contributed by atoms with van der Waals surface area (Å²) >= 11 is 0. The number of unbranched alkanes of at least 4 members (excludes halogenated alkanes) is 22. The fraction of sp³-hybridized carbons (Fsp3) is 0.857. The molecule has 0 atom stereocenters. The maximum absolute atomic E-state index is 3.91. The van der Waals surface area contributed by atoms with Crippen molar-refractivity contribution in [1.29, 1.82) is 0 Å². The average Bonchev–Trinajstić information content (AvgIpc) is 2.71. The first-order chi connectivity index (χ1) is 13.9. The van der Waals surface area contributed by atoms with Crippen LogP contribution in [0.5, 0.6) is 0 Å². The summed E-state index contributed by atoms with van der Waals surface area (Å²) in [5.74, 6) is 0. The minimum absolute atomic E-state index is 1.10. The Hall–Kier alpha value is -0.260. The second-order valence-corrected chi connectivity index (χ2v) is 8.83. The van der Waals surface area contributed by atoms with Crippen molar-refractivity contribution in [1.82, 2.24) is 0 Å². The van der Waals surface area contributed by atoms with Gasteiger partial charge >= 0.3 is 0 Å². The minimum Gasteiger partial charge on any atom is -0.0885 e. The number of allylic oxidation sites excluding steroid dienone is 2. The van der Waals surface area contributed by atoms with Crippen LogP contribution < -0.4 is 0 Å². The van der Waals surface area contributed by atoms with Gasteiger partial charge in [-0.05, 0) is 25.7 Å². The molecule has 0 aliphatic rings. The maximum Gasteiger partial charge on any atom is -0.0351 e. The molecule has 0 aromatic carbocycles. The lowest BCUT2D eigenvalue weighted by atomic mass is 10.0. The minimum atomic E-state index is 1.10. The van der Waals surface area contributed by atoms with Gasteiger partial charge in [-0.3, -0.25) is 0 Å². The van der Waals surface area contributed by atoms with E-state index in [2.05, 4.69) is 26.0 Å². The Morgan fingerprint density at radius 3 is 0.786 bits per heavy atom. The normalized spacial score (nSPS) is 11.6. The summed E-state index contributed by atoms with van der Waals surface area (Å²) < 4.78 is 0. The molecule has 0 N–H and O–H groups in total. The van der Waals surface area contributed by atoms with Gasteiger partial charge in [0.2, 0.25) is 0 Å². The first-order valence-corrected chi connectivity index (χ1v) is 13.1. The van der Waals surface area contributed by atoms with Gasteiger partial charge in [-0.2, -0.15) is 0 Å². The third-order valence-electron chi connectivity index (χ3n) is 5.91. The molecule has 0 saturated heterocycles. The summed E-state index contributed by atoms with van der Waals surface area (Å²) in [5.41, 5.74) is 0. The van der Waals surface area contributed by atoms with Crippen molar-refractivity contribution in [3.05, 3.63) is 26.0 Å². The lowest BCUT2D eigenvalue weighted by molar-refractivity contribution is 0.526. The predicted molar refractivity (Wildman–Crippen MR) is 131 cm³/mol. The van der Waals surface area contributed by atoms with E-state index in [4.69, 9.17) is 0 Å². The van der Waals surface area contributed by atoms with E-state index in [9.17, 15) is 0 Å². The molecule has 0 amide bonds. The van der Waals surface area contributed by atoms with Gasteiger partial charge in [0.25, 0.3) is 0 Å². The molecule has 0 nitrogen and oxygen atoms in total. The van der Waals surface area contributed by atoms with E-state index < -0.39 is 0 Å². The summed E-state index contributed by atoms with van der Waals surface area (Å²) in [5, 5.41) is 0. The highest BCUT2D eigenvalue weighted by Crippen LogP contribution is 2.14. The van der Waals surface area contributed by atoms with Crippen LogP contribution in [0.1, 0.15) is 154 Å². The van der Waals surface area contributed by atoms with Crippen molar-refractivity contribution in [3.63, 3.8) is 0 Å². The summed E-state index contributed by atoms with van der Waals surface area (Å²) in [7, 11) is 0. The fourth-order valence-electron chi connectivity index (χ4n) is 3.94. The molecule has 0 saturated carbocycles. The summed E-state index contributed by atoms with van der Waals surface area (Å²) in [6.07, 6.45) is 38.2. The molecular formula is C28H54. The summed E-state index contributed by atoms with van der Waals surface area (Å²) in [6.45, 7) is 7.81. The van der Waals surface area contributed by atoms with Crippen LogP contribution in [0.4, 0.5) is 0 Å². The van der Waals surface area contributed by atoms with E-state index >= 15 is 0 Å². The third kappa shape index (κ3) is 25.7. The van der Waals surface area contributed by atoms with Gasteiger partial charge in [0.1, 0.15) is 0 Å². The Morgan fingerprint density at radius 1 is 0.286 bits per heavy atom. The lowest BCUT2D eigenvalue weighted by Gasteiger charge is -2.03. The van der Waals surface area contributed by atoms with Crippen LogP contribution in [-0.4, -0.2) is 0 Å². The smallest absolute Gasteiger partial charge is 0.0351 e. The van der Waals surface area contributed by atoms with Crippen LogP contribution in [0, 0.1) is 13.8 Å². The van der Waals surface area contributed by atoms with Crippen molar-refractivity contribution in [2.24, 2.45) is 0 Å². The second kappa shape index (κ2) is 26.7. The van der Waals surface area contributed by atoms with E-state index in [1.54, 1.807) is 0 Å². The predicted octanol–water partition coefficient (Wildman–Crippen LogP) is 10.6. The number of hydrogen-bond acceptors (Lipinski definition) is 0. The van der Waals surface area contributed by atoms with Crippen LogP contribution in [0.2, 0.25) is 0 Å². The molecule has 0 aromatic rings. The van der Waals surface area contributed by atoms with Gasteiger partial charge in [0.05, 0.1) is 0 Å². The molecule has 0 heteroatoms. The Balaban J connectivity index is 3.02. The number of hydrogen-bond donors (Lipinski definition) is 0. The van der Waals surface area contributed by atoms with Gasteiger partial charge in [0.15, 0.2) is 0 Å². The molecule has 0 fully saturated rings. The van der Waals surface area contributed by atoms with Gasteiger partial charge in [0, 0.05) is 0 Å². The molecule has 0 bridgehead atoms. The zero-order valence-corrected chi connectivity index (χ0v) is 19.5. The molecule has 0 aliphatic carbocycles. The van der Waals surface area contributed by atoms with Gasteiger partial charge in [-0.1, -0.05) is 154 Å². The molecule has 0 heterocycles. The summed E-state index contributed by atoms with van der Waals surface area (Å²) in [6, 6.07) is 0. The molecular weight excluding hydrogens is 336 g/mol. The highest BCUT2D eigenvalue weighted by atomic mass is 14.0. The Morgan fingerprint density at radius 2 is 0.500 bits per heavy atom. The van der Waals surface area contributed by atoms with Crippen LogP contribution in [0.3, 0.4) is 0 Å². The van der Waals surface area contributed by atoms with Crippen molar-refractivity contribution in [2.45, 2.75) is 154 Å². The van der Waals surface area contributed by atoms with E-state index in [0.717, 1.165) is 12.8 Å². The molecule has 2 radical (unpaired) electrons. The van der Waals surface area contributed by atoms with E-state index in [-0.39, 0.29) is 0 Å². The SMILES string of the molecule is [CH2]CCCCCC=CCCCCCCCCCCCCCCCCCCC[CH2]. The van der Waals surface area contributed by atoms with Gasteiger partial charge in [-0.25, -0.2) is 0 Å². The van der Waals surface area contributed by atoms with E-state index in [1.807, 2.05) is 0 Å². The highest BCUT2D eigenvalue weighted by Gasteiger charge is 1.95. The first kappa shape index (κ1) is 27.7. The molecule has 28 heavy (non-hydrogen) atoms. The third-order valence-corrected chi connectivity index (χ3v) is 5.91. The Labute approximate surface area is 180 Å². The summed E-state index contributed by atoms with van der Waals surface area (Å²) in [4.78, 5) is 0. The Bertz CT molecular complexity index is 278. The highest BCUT2D eigenvalue weighted by molar-refractivity contribution is 4.81. The largest absolute Gasteiger partial charge is 0.0885 e. The molecule has 0 unspecified atom stereocenters. The van der Waals surface area contributed by atoms with E-state index in [0.29, 0.717) is 0 Å². The van der Waals surface area contributed by atoms with Crippen LogP contribution >= 0.6 is 0 Å². The van der Waals surface area contributed by atoms with Gasteiger partial charge in [-0.15, -0.1) is 0 Å². The quantitative estimate of drug-likeness (QED) is 0.113. The maximum atomic E-state index is 3.91. The second-order valence-electron chi connectivity index (χ2n) is 8.83. The topological polar surface area (TPSA) is 0 Å². The van der Waals surface area contributed by atoms with E-state index in [1.165, 1.54) is 141 Å². The Kier molecular flexibility index (Phi) is 26.5. The monoisotopic (exact) mass is 390 g/mol. The molecule has 0 aromatic heterocycles. The standard InChI is InChI=1S/C28H54/c1-3-5-7-9-11-13-15-17-19-21-23-25-27-28-26-24-22-20-18-16-14-12-10-8-6-4-2/h13,15H,1-12,14,16-28H2.